The summed E-state index contributed by atoms with van der Waals surface area (Å²) in [6.07, 6.45) is 18.1. The fraction of sp³-hybridized carbons (Fsp3) is 0.872. The second-order valence-electron chi connectivity index (χ2n) is 47.1. The lowest BCUT2D eigenvalue weighted by Crippen LogP contribution is -2.62. The van der Waals surface area contributed by atoms with Crippen molar-refractivity contribution in [3.63, 3.8) is 0 Å². The van der Waals surface area contributed by atoms with Crippen LogP contribution in [0.25, 0.3) is 0 Å². The van der Waals surface area contributed by atoms with Gasteiger partial charge in [0.05, 0.1) is 123 Å². The molecule has 0 aliphatic carbocycles. The second-order valence-corrected chi connectivity index (χ2v) is 75.5. The molecule has 12 bridgehead atoms. The SMILES string of the molecule is C=CCC(O)C[C@@H]1[C@@H](OC)[C@H](C(CC)(O[Si](CC)(CC)CC)O[Si](CC)(CC)CC)O[C@H]1C[C@H]1O[C@@H](CC[C@@H]2O[C@@H](CC[C@@]34C[C@H]5O[C@H]6[C@@H](O3)[C@@H](O[Si](CC)(CC)CC)[C@H](CC=C)O[C@H]6[C@H]5O4)CC2=C)C[C@@H](C)C1=C.C=CC[C@@H]1O[C@@H]2[C@H]3O[C@@H]4CC(CC[C@H]5CC(=C)[C@H](CC[C@H]6C[C@@H](C)C(=C)[C@@H](C[C@@H]7O[C@H](C[C@@H](CO[Si](CC)(CC)CC)O[Si](CC)(CC)CC)[C@H](OC)[C@H]7CC=O)O6)O5)(O[C@H]3[C@H]1O[Si](CC)(CC)CC)O[C@H]24. The van der Waals surface area contributed by atoms with Crippen LogP contribution in [0, 0.1) is 23.7 Å². The lowest BCUT2D eigenvalue weighted by atomic mass is 9.81. The molecule has 16 fully saturated rings. The molecule has 30 heteroatoms. The fourth-order valence-electron chi connectivity index (χ4n) is 28.9. The molecule has 16 rings (SSSR count). The summed E-state index contributed by atoms with van der Waals surface area (Å²) in [7, 11) is -8.75. The number of carbonyl (C=O) groups excluding carboxylic acids is 1. The summed E-state index contributed by atoms with van der Waals surface area (Å²) in [5, 5.41) is 11.5. The maximum atomic E-state index is 12.3. The number of hydrogen-bond donors (Lipinski definition) is 1. The predicted octanol–water partition coefficient (Wildman–Crippen LogP) is 25.4. The van der Waals surface area contributed by atoms with Gasteiger partial charge < -0.3 is 112 Å². The molecule has 0 amide bonds. The van der Waals surface area contributed by atoms with Gasteiger partial charge in [0.1, 0.15) is 73.4 Å². The molecule has 842 valence electrons. The van der Waals surface area contributed by atoms with Gasteiger partial charge in [-0.1, -0.05) is 190 Å². The Kier molecular flexibility index (Phi) is 44.8. The summed E-state index contributed by atoms with van der Waals surface area (Å²) in [6, 6.07) is 18.8. The van der Waals surface area contributed by atoms with Gasteiger partial charge in [0.15, 0.2) is 67.3 Å². The van der Waals surface area contributed by atoms with Crippen molar-refractivity contribution in [1.29, 1.82) is 0 Å². The summed E-state index contributed by atoms with van der Waals surface area (Å²) in [6.45, 7) is 78.9. The zero-order valence-corrected chi connectivity index (χ0v) is 102. The first-order chi connectivity index (χ1) is 70.6. The van der Waals surface area contributed by atoms with Gasteiger partial charge in [-0.2, -0.15) is 0 Å². The number of rotatable bonds is 63. The highest BCUT2D eigenvalue weighted by Gasteiger charge is 2.72. The Labute approximate surface area is 896 Å². The molecule has 2 unspecified atom stereocenters. The average molecular weight is 2170 g/mol. The lowest BCUT2D eigenvalue weighted by Gasteiger charge is -2.50. The quantitative estimate of drug-likeness (QED) is 0.0258. The largest absolute Gasteiger partial charge is 0.414 e. The number of methoxy groups -OCH3 is 2. The standard InChI is InChI=1S/C60H106O12Si3.C57H100O12Si3/c1-17-29-43(61)37-46-50(67-58(52(46)62-16)60(19-3,71-74(23-7,24-8)25-9)72-75(26-10,27-11)28-12)38-49-42(15)40(13)35-44(64-49)31-32-47-41(14)36-45(63-47)33-34-59-39-51-53(68-59)55-56(66-51)57(69-59)54(48(65-55)30-18-2)70-73(20-4,21-5)22-6;1-15-25-46-53(69-72(22-8,23-9)24-10)56-55-54(64-46)52-50(65-55)36-57(66-52,67-56)30-28-42-33-39(12)45(61-42)27-26-41-32-38(11)40(13)47(62-41)35-48-44(29-31-58)51(59-14)49(63-48)34-43(68-71(19-5,20-6)21-7)37-60-70(16-2,17-3)18-4/h17-18,40,43-58,61H,1-2,14-15,19-39H2,3-13,16H3;15,31,38,41-56H,1,12-13,16-30,32-37H2,2-11,14H3/t40-,43?,44+,45+,46+,47+,48+,49-,50+,51-,52-,53+,54+,55+,56-,57+,58-,59+;38-,41+,42+,43+,44+,45+,46+,47-,48+,49-,50-,51-,52+,53+,54+,55-,56+,57?/m11/s1. The van der Waals surface area contributed by atoms with E-state index in [1.54, 1.807) is 20.3 Å². The first-order valence-electron chi connectivity index (χ1n) is 59.6. The minimum absolute atomic E-state index is 0.0216. The highest BCUT2D eigenvalue weighted by Crippen LogP contribution is 2.59. The van der Waals surface area contributed by atoms with Crippen LogP contribution in [0.5, 0.6) is 0 Å². The highest BCUT2D eigenvalue weighted by molar-refractivity contribution is 6.76. The van der Waals surface area contributed by atoms with E-state index in [4.69, 9.17) is 102 Å². The molecule has 0 saturated carbocycles. The molecule has 0 spiro atoms. The predicted molar refractivity (Wildman–Crippen MR) is 598 cm³/mol. The van der Waals surface area contributed by atoms with E-state index in [0.29, 0.717) is 90.1 Å². The molecular formula is C117H206O24Si6. The molecule has 16 heterocycles. The fourth-order valence-corrected chi connectivity index (χ4v) is 46.2. The summed E-state index contributed by atoms with van der Waals surface area (Å²) < 4.78 is 155. The van der Waals surface area contributed by atoms with Crippen LogP contribution in [0.1, 0.15) is 293 Å². The minimum Gasteiger partial charge on any atom is -0.414 e. The van der Waals surface area contributed by atoms with Gasteiger partial charge >= 0.3 is 0 Å². The molecule has 16 aliphatic heterocycles. The van der Waals surface area contributed by atoms with E-state index in [2.05, 4.69) is 191 Å². The van der Waals surface area contributed by atoms with Crippen LogP contribution in [0.3, 0.4) is 0 Å². The first-order valence-corrected chi connectivity index (χ1v) is 74.8. The molecule has 24 nitrogen and oxygen atoms in total. The average Bonchev–Trinajstić information content (AvgIpc) is 1.55. The zero-order chi connectivity index (χ0) is 107. The smallest absolute Gasteiger partial charge is 0.195 e. The summed E-state index contributed by atoms with van der Waals surface area (Å²) >= 11 is 0. The maximum Gasteiger partial charge on any atom is 0.195 e. The van der Waals surface area contributed by atoms with E-state index in [-0.39, 0.29) is 195 Å². The molecule has 0 aromatic heterocycles. The van der Waals surface area contributed by atoms with Crippen molar-refractivity contribution < 1.29 is 112 Å². The van der Waals surface area contributed by atoms with Gasteiger partial charge in [-0.25, -0.2) is 0 Å². The van der Waals surface area contributed by atoms with Gasteiger partial charge in [0, 0.05) is 77.4 Å². The Morgan fingerprint density at radius 1 is 0.401 bits per heavy atom. The van der Waals surface area contributed by atoms with Crippen LogP contribution in [0.2, 0.25) is 109 Å². The Hall–Kier alpha value is -1.77. The van der Waals surface area contributed by atoms with E-state index in [1.807, 2.05) is 12.2 Å². The summed E-state index contributed by atoms with van der Waals surface area (Å²) in [5.41, 5.74) is 4.50. The Balaban J connectivity index is 0.000000246. The maximum absolute atomic E-state index is 12.3. The van der Waals surface area contributed by atoms with Gasteiger partial charge in [-0.15, -0.1) is 19.7 Å². The van der Waals surface area contributed by atoms with E-state index in [1.165, 1.54) is 0 Å². The van der Waals surface area contributed by atoms with Crippen molar-refractivity contribution in [3.05, 3.63) is 86.6 Å². The number of aliphatic hydroxyl groups is 1. The van der Waals surface area contributed by atoms with Crippen LogP contribution < -0.4 is 0 Å². The molecule has 1 N–H and O–H groups in total. The lowest BCUT2D eigenvalue weighted by molar-refractivity contribution is -0.271. The van der Waals surface area contributed by atoms with Gasteiger partial charge in [0.25, 0.3) is 0 Å². The third-order valence-electron chi connectivity index (χ3n) is 39.9. The molecule has 147 heavy (non-hydrogen) atoms. The monoisotopic (exact) mass is 2160 g/mol. The van der Waals surface area contributed by atoms with E-state index < -0.39 is 79.5 Å². The first kappa shape index (κ1) is 122. The molecule has 36 atom stereocenters. The number of aldehydes is 1. The van der Waals surface area contributed by atoms with Crippen LogP contribution in [-0.2, 0) is 107 Å². The Morgan fingerprint density at radius 3 is 1.18 bits per heavy atom. The third kappa shape index (κ3) is 26.8. The number of ether oxygens (including phenoxy) is 16. The summed E-state index contributed by atoms with van der Waals surface area (Å²) in [4.78, 5) is 12.3. The highest BCUT2D eigenvalue weighted by atomic mass is 28.4. The van der Waals surface area contributed by atoms with Crippen molar-refractivity contribution in [2.45, 2.75) is 602 Å². The zero-order valence-electron chi connectivity index (χ0n) is 95.9. The number of hydrogen-bond acceptors (Lipinski definition) is 24. The number of aliphatic hydroxyl groups excluding tert-OH is 1. The second kappa shape index (κ2) is 53.9. The molecular weight excluding hydrogens is 1960 g/mol. The minimum atomic E-state index is -2.23. The molecule has 16 aliphatic rings. The van der Waals surface area contributed by atoms with Crippen LogP contribution in [0.15, 0.2) is 86.6 Å². The van der Waals surface area contributed by atoms with Gasteiger partial charge in [-0.3, -0.25) is 0 Å². The van der Waals surface area contributed by atoms with E-state index >= 15 is 0 Å². The molecule has 0 radical (unpaired) electrons. The van der Waals surface area contributed by atoms with Crippen molar-refractivity contribution in [2.24, 2.45) is 23.7 Å². The van der Waals surface area contributed by atoms with Crippen LogP contribution >= 0.6 is 0 Å². The van der Waals surface area contributed by atoms with Crippen molar-refractivity contribution in [1.82, 2.24) is 0 Å². The Morgan fingerprint density at radius 2 is 0.796 bits per heavy atom. The number of carbonyl (C=O) groups is 1. The van der Waals surface area contributed by atoms with Crippen molar-refractivity contribution in [2.75, 3.05) is 20.8 Å². The molecule has 0 aromatic carbocycles. The van der Waals surface area contributed by atoms with E-state index in [9.17, 15) is 9.90 Å². The van der Waals surface area contributed by atoms with Gasteiger partial charge in [0.2, 0.25) is 0 Å². The summed E-state index contributed by atoms with van der Waals surface area (Å²) in [5.74, 6) is -2.18. The van der Waals surface area contributed by atoms with Crippen molar-refractivity contribution >= 4 is 56.2 Å². The van der Waals surface area contributed by atoms with Crippen molar-refractivity contribution in [3.8, 4) is 0 Å². The molecule has 16 saturated heterocycles. The topological polar surface area (TPSA) is 240 Å². The van der Waals surface area contributed by atoms with Crippen LogP contribution in [-0.4, -0.2) is 283 Å². The Bertz CT molecular complexity index is 4090. The normalized spacial score (nSPS) is 37.8. The third-order valence-corrected chi connectivity index (χ3v) is 67.8. The molecule has 0 aromatic rings. The van der Waals surface area contributed by atoms with E-state index in [0.717, 1.165) is 202 Å². The van der Waals surface area contributed by atoms with Gasteiger partial charge in [-0.05, 0) is 239 Å². The van der Waals surface area contributed by atoms with Crippen LogP contribution in [0.4, 0.5) is 0 Å².